The molecule has 1 heterocycles. The maximum atomic E-state index is 12.7. The lowest BCUT2D eigenvalue weighted by Crippen LogP contribution is -2.55. The maximum Gasteiger partial charge on any atom is 0.377 e. The van der Waals surface area contributed by atoms with E-state index in [1.54, 1.807) is 0 Å². The number of benzene rings is 3. The molecule has 0 amide bonds. The molecule has 184 valence electrons. The van der Waals surface area contributed by atoms with Gasteiger partial charge in [0.25, 0.3) is 0 Å². The molecule has 4 rings (SSSR count). The lowest BCUT2D eigenvalue weighted by Gasteiger charge is -2.43. The van der Waals surface area contributed by atoms with Crippen molar-refractivity contribution >= 4 is 5.97 Å². The highest BCUT2D eigenvalue weighted by Gasteiger charge is 2.53. The van der Waals surface area contributed by atoms with Gasteiger partial charge in [-0.3, -0.25) is 4.74 Å². The van der Waals surface area contributed by atoms with Crippen LogP contribution >= 0.6 is 0 Å². The minimum atomic E-state index is -1.91. The maximum absolute atomic E-state index is 12.7. The second kappa shape index (κ2) is 10.9. The van der Waals surface area contributed by atoms with Crippen LogP contribution in [-0.4, -0.2) is 30.6 Å². The third-order valence-electron chi connectivity index (χ3n) is 6.33. The first-order valence-corrected chi connectivity index (χ1v) is 12.0. The number of para-hydroxylation sites is 2. The fraction of sp³-hybridized carbons (Fsp3) is 0.345. The van der Waals surface area contributed by atoms with E-state index in [-0.39, 0.29) is 19.4 Å². The Morgan fingerprint density at radius 2 is 1.74 bits per heavy atom. The number of ether oxygens (including phenoxy) is 4. The summed E-state index contributed by atoms with van der Waals surface area (Å²) in [4.78, 5) is 12.7. The number of methoxy groups -OCH3 is 1. The predicted octanol–water partition coefficient (Wildman–Crippen LogP) is 5.73. The van der Waals surface area contributed by atoms with Crippen molar-refractivity contribution in [1.29, 1.82) is 0 Å². The molecule has 0 saturated carbocycles. The topological polar surface area (TPSA) is 74.2 Å². The van der Waals surface area contributed by atoms with E-state index in [1.807, 2.05) is 78.9 Å². The molecular weight excluding hydrogens is 444 g/mol. The van der Waals surface area contributed by atoms with Crippen molar-refractivity contribution in [3.8, 4) is 11.5 Å². The van der Waals surface area contributed by atoms with E-state index in [2.05, 4.69) is 6.92 Å². The van der Waals surface area contributed by atoms with Crippen molar-refractivity contribution < 1.29 is 28.8 Å². The summed E-state index contributed by atoms with van der Waals surface area (Å²) in [5.41, 5.74) is 2.66. The van der Waals surface area contributed by atoms with Crippen LogP contribution in [0.4, 0.5) is 0 Å². The van der Waals surface area contributed by atoms with Gasteiger partial charge in [-0.05, 0) is 36.1 Å². The zero-order chi connectivity index (χ0) is 24.7. The molecule has 0 bridgehead atoms. The summed E-state index contributed by atoms with van der Waals surface area (Å²) in [5, 5.41) is 10.4. The number of carboxylic acids is 1. The van der Waals surface area contributed by atoms with Gasteiger partial charge in [0.05, 0.1) is 6.61 Å². The minimum Gasteiger partial charge on any atom is -0.493 e. The number of hydrogen-bond acceptors (Lipinski definition) is 5. The van der Waals surface area contributed by atoms with Gasteiger partial charge in [0.15, 0.2) is 0 Å². The highest BCUT2D eigenvalue weighted by molar-refractivity contribution is 5.77. The third-order valence-corrected chi connectivity index (χ3v) is 6.33. The fourth-order valence-corrected chi connectivity index (χ4v) is 4.51. The summed E-state index contributed by atoms with van der Waals surface area (Å²) in [6.07, 6.45) is 2.64. The Hall–Kier alpha value is -3.35. The van der Waals surface area contributed by atoms with E-state index in [4.69, 9.17) is 18.9 Å². The number of aryl methyl sites for hydroxylation is 2. The molecule has 0 radical (unpaired) electrons. The average molecular weight is 477 g/mol. The summed E-state index contributed by atoms with van der Waals surface area (Å²) in [6, 6.07) is 24.8. The lowest BCUT2D eigenvalue weighted by atomic mass is 9.94. The molecule has 35 heavy (non-hydrogen) atoms. The molecule has 3 aromatic carbocycles. The molecule has 2 atom stereocenters. The van der Waals surface area contributed by atoms with Crippen LogP contribution in [0, 0.1) is 0 Å². The number of carbonyl (C=O) groups is 1. The molecular formula is C29H32O6. The van der Waals surface area contributed by atoms with Crippen molar-refractivity contribution in [2.45, 2.75) is 50.6 Å². The van der Waals surface area contributed by atoms with Crippen molar-refractivity contribution in [3.05, 3.63) is 95.6 Å². The molecule has 0 aromatic heterocycles. The quantitative estimate of drug-likeness (QED) is 0.356. The van der Waals surface area contributed by atoms with Crippen LogP contribution in [0.5, 0.6) is 11.5 Å². The second-order valence-electron chi connectivity index (χ2n) is 8.65. The fourth-order valence-electron chi connectivity index (χ4n) is 4.51. The molecule has 0 spiro atoms. The summed E-state index contributed by atoms with van der Waals surface area (Å²) in [7, 11) is 1.52. The van der Waals surface area contributed by atoms with Crippen LogP contribution in [0.3, 0.4) is 0 Å². The Bertz CT molecular complexity index is 1120. The molecule has 2 unspecified atom stereocenters. The first-order chi connectivity index (χ1) is 17.0. The van der Waals surface area contributed by atoms with E-state index in [9.17, 15) is 9.90 Å². The van der Waals surface area contributed by atoms with Crippen molar-refractivity contribution in [2.24, 2.45) is 0 Å². The van der Waals surface area contributed by atoms with E-state index < -0.39 is 17.5 Å². The molecule has 0 aliphatic carbocycles. The zero-order valence-electron chi connectivity index (χ0n) is 20.2. The van der Waals surface area contributed by atoms with Gasteiger partial charge < -0.3 is 19.3 Å². The van der Waals surface area contributed by atoms with Gasteiger partial charge in [-0.2, -0.15) is 0 Å². The monoisotopic (exact) mass is 476 g/mol. The van der Waals surface area contributed by atoms with Gasteiger partial charge >= 0.3 is 11.8 Å². The van der Waals surface area contributed by atoms with E-state index in [1.165, 1.54) is 7.11 Å². The lowest BCUT2D eigenvalue weighted by molar-refractivity contribution is -0.339. The highest BCUT2D eigenvalue weighted by atomic mass is 16.8. The van der Waals surface area contributed by atoms with Gasteiger partial charge in [-0.1, -0.05) is 80.1 Å². The van der Waals surface area contributed by atoms with Crippen molar-refractivity contribution in [3.63, 3.8) is 0 Å². The van der Waals surface area contributed by atoms with Gasteiger partial charge in [0.2, 0.25) is 5.79 Å². The number of rotatable bonds is 11. The number of carboxylic acid groups (broad SMARTS) is 1. The summed E-state index contributed by atoms with van der Waals surface area (Å²) in [6.45, 7) is 2.33. The summed E-state index contributed by atoms with van der Waals surface area (Å²) in [5.74, 6) is -3.18. The van der Waals surface area contributed by atoms with Crippen LogP contribution in [-0.2, 0) is 32.9 Å². The molecule has 3 aromatic rings. The standard InChI is InChI=1S/C29H32O6/c1-3-11-22-12-10-13-23-18-19-29(27(30)31,34-26(22)23)35-28(32-2,24-14-6-4-7-15-24)20-21-33-25-16-8-5-9-17-25/h4-10,12-17H,3,11,18-21H2,1-2H3,(H,30,31). The van der Waals surface area contributed by atoms with Gasteiger partial charge in [-0.25, -0.2) is 4.79 Å². The highest BCUT2D eigenvalue weighted by Crippen LogP contribution is 2.43. The van der Waals surface area contributed by atoms with Gasteiger partial charge in [0.1, 0.15) is 11.5 Å². The van der Waals surface area contributed by atoms with Crippen LogP contribution in [0.15, 0.2) is 78.9 Å². The van der Waals surface area contributed by atoms with E-state index >= 15 is 0 Å². The average Bonchev–Trinajstić information content (AvgIpc) is 2.89. The predicted molar refractivity (Wildman–Crippen MR) is 133 cm³/mol. The SMILES string of the molecule is CCCc1cccc2c1OC(OC(CCOc1ccccc1)(OC)c1ccccc1)(C(=O)O)CC2. The largest absolute Gasteiger partial charge is 0.493 e. The summed E-state index contributed by atoms with van der Waals surface area (Å²) < 4.78 is 24.6. The Kier molecular flexibility index (Phi) is 7.73. The first-order valence-electron chi connectivity index (χ1n) is 12.0. The Labute approximate surface area is 206 Å². The number of fused-ring (bicyclic) bond motifs is 1. The Balaban J connectivity index is 1.68. The zero-order valence-corrected chi connectivity index (χ0v) is 20.2. The van der Waals surface area contributed by atoms with Crippen molar-refractivity contribution in [1.82, 2.24) is 0 Å². The Morgan fingerprint density at radius 1 is 1.03 bits per heavy atom. The van der Waals surface area contributed by atoms with E-state index in [0.717, 1.165) is 24.0 Å². The van der Waals surface area contributed by atoms with Crippen LogP contribution in [0.2, 0.25) is 0 Å². The first kappa shape index (κ1) is 24.8. The Morgan fingerprint density at radius 3 is 2.40 bits per heavy atom. The van der Waals surface area contributed by atoms with Crippen LogP contribution in [0.1, 0.15) is 42.9 Å². The normalized spacial score (nSPS) is 18.7. The molecule has 1 N–H and O–H groups in total. The van der Waals surface area contributed by atoms with Crippen molar-refractivity contribution in [2.75, 3.05) is 13.7 Å². The molecule has 1 aliphatic heterocycles. The van der Waals surface area contributed by atoms with Gasteiger partial charge in [0, 0.05) is 25.5 Å². The molecule has 0 saturated heterocycles. The molecule has 0 fully saturated rings. The van der Waals surface area contributed by atoms with E-state index in [0.29, 0.717) is 23.5 Å². The van der Waals surface area contributed by atoms with Crippen LogP contribution in [0.25, 0.3) is 0 Å². The molecule has 1 aliphatic rings. The molecule has 6 nitrogen and oxygen atoms in total. The second-order valence-corrected chi connectivity index (χ2v) is 8.65. The minimum absolute atomic E-state index is 0.155. The smallest absolute Gasteiger partial charge is 0.377 e. The number of hydrogen-bond donors (Lipinski definition) is 1. The number of aliphatic carboxylic acids is 1. The van der Waals surface area contributed by atoms with Crippen LogP contribution < -0.4 is 9.47 Å². The third kappa shape index (κ3) is 5.34. The molecule has 6 heteroatoms. The van der Waals surface area contributed by atoms with Gasteiger partial charge in [-0.15, -0.1) is 0 Å². The summed E-state index contributed by atoms with van der Waals surface area (Å²) >= 11 is 0.